The minimum atomic E-state index is 0.975. The van der Waals surface area contributed by atoms with E-state index in [2.05, 4.69) is 50.8 Å². The number of rotatable bonds is 4. The molecule has 1 nitrogen and oxygen atoms in total. The van der Waals surface area contributed by atoms with Crippen molar-refractivity contribution in [2.45, 2.75) is 33.4 Å². The summed E-state index contributed by atoms with van der Waals surface area (Å²) >= 11 is 7.20. The minimum Gasteiger partial charge on any atom is -0.358 e. The van der Waals surface area contributed by atoms with Gasteiger partial charge in [0.05, 0.1) is 0 Å². The van der Waals surface area contributed by atoms with Crippen molar-refractivity contribution in [3.63, 3.8) is 0 Å². The molecule has 0 radical (unpaired) electrons. The summed E-state index contributed by atoms with van der Waals surface area (Å²) in [6.07, 6.45) is 0. The van der Waals surface area contributed by atoms with E-state index in [-0.39, 0.29) is 0 Å². The number of hydrogen-bond donors (Lipinski definition) is 0. The molecule has 0 saturated heterocycles. The van der Waals surface area contributed by atoms with Crippen LogP contribution in [0, 0.1) is 13.8 Å². The fraction of sp³-hybridized carbons (Fsp3) is 0.500. The lowest BCUT2D eigenvalue weighted by Gasteiger charge is -2.21. The molecule has 0 aliphatic heterocycles. The van der Waals surface area contributed by atoms with Crippen LogP contribution in [0.4, 0.5) is 0 Å². The van der Waals surface area contributed by atoms with Gasteiger partial charge in [-0.05, 0) is 44.4 Å². The first kappa shape index (κ1) is 14.5. The molecule has 0 saturated carbocycles. The van der Waals surface area contributed by atoms with Gasteiger partial charge in [0.25, 0.3) is 0 Å². The summed E-state index contributed by atoms with van der Waals surface area (Å²) in [5, 5.41) is 0. The van der Waals surface area contributed by atoms with Crippen LogP contribution in [-0.4, -0.2) is 22.3 Å². The van der Waals surface area contributed by atoms with Crippen LogP contribution in [-0.2, 0) is 5.75 Å². The van der Waals surface area contributed by atoms with Crippen LogP contribution in [0.1, 0.15) is 30.5 Å². The third kappa shape index (κ3) is 4.00. The van der Waals surface area contributed by atoms with Crippen LogP contribution in [0.2, 0.25) is 0 Å². The standard InChI is InChI=1S/C14H21NS2/c1-5-15(6-2)14(16)17-10-13-9-7-8-11(3)12(13)4/h7-9H,5-6,10H2,1-4H3. The lowest BCUT2D eigenvalue weighted by Crippen LogP contribution is -2.26. The van der Waals surface area contributed by atoms with E-state index >= 15 is 0 Å². The Morgan fingerprint density at radius 2 is 1.88 bits per heavy atom. The van der Waals surface area contributed by atoms with E-state index < -0.39 is 0 Å². The Morgan fingerprint density at radius 1 is 1.24 bits per heavy atom. The van der Waals surface area contributed by atoms with E-state index in [1.165, 1.54) is 16.7 Å². The normalized spacial score (nSPS) is 10.4. The number of benzene rings is 1. The van der Waals surface area contributed by atoms with Gasteiger partial charge in [0.2, 0.25) is 0 Å². The molecule has 17 heavy (non-hydrogen) atoms. The molecule has 0 aliphatic rings. The summed E-state index contributed by atoms with van der Waals surface area (Å²) in [4.78, 5) is 2.23. The highest BCUT2D eigenvalue weighted by molar-refractivity contribution is 8.22. The highest BCUT2D eigenvalue weighted by Crippen LogP contribution is 2.21. The predicted molar refractivity (Wildman–Crippen MR) is 82.7 cm³/mol. The van der Waals surface area contributed by atoms with Gasteiger partial charge in [-0.25, -0.2) is 0 Å². The lowest BCUT2D eigenvalue weighted by molar-refractivity contribution is 0.482. The first-order valence-electron chi connectivity index (χ1n) is 6.06. The fourth-order valence-corrected chi connectivity index (χ4v) is 3.15. The van der Waals surface area contributed by atoms with E-state index in [9.17, 15) is 0 Å². The van der Waals surface area contributed by atoms with E-state index in [0.717, 1.165) is 23.2 Å². The molecule has 1 aromatic carbocycles. The van der Waals surface area contributed by atoms with Crippen molar-refractivity contribution in [3.05, 3.63) is 34.9 Å². The van der Waals surface area contributed by atoms with E-state index in [0.29, 0.717) is 0 Å². The van der Waals surface area contributed by atoms with Gasteiger partial charge in [-0.3, -0.25) is 0 Å². The monoisotopic (exact) mass is 267 g/mol. The van der Waals surface area contributed by atoms with Gasteiger partial charge in [0.15, 0.2) is 0 Å². The molecule has 1 aromatic rings. The molecular weight excluding hydrogens is 246 g/mol. The van der Waals surface area contributed by atoms with Crippen molar-refractivity contribution in [2.75, 3.05) is 13.1 Å². The van der Waals surface area contributed by atoms with Gasteiger partial charge in [0.1, 0.15) is 4.32 Å². The van der Waals surface area contributed by atoms with Crippen LogP contribution in [0.25, 0.3) is 0 Å². The molecule has 0 unspecified atom stereocenters. The summed E-state index contributed by atoms with van der Waals surface area (Å²) in [6, 6.07) is 6.48. The maximum atomic E-state index is 5.44. The molecule has 0 heterocycles. The first-order valence-corrected chi connectivity index (χ1v) is 7.46. The maximum Gasteiger partial charge on any atom is 0.136 e. The summed E-state index contributed by atoms with van der Waals surface area (Å²) in [5.41, 5.74) is 4.14. The van der Waals surface area contributed by atoms with Gasteiger partial charge in [0, 0.05) is 18.8 Å². The molecule has 94 valence electrons. The molecule has 0 bridgehead atoms. The van der Waals surface area contributed by atoms with Crippen LogP contribution in [0.3, 0.4) is 0 Å². The Balaban J connectivity index is 2.61. The second-order valence-electron chi connectivity index (χ2n) is 4.09. The SMILES string of the molecule is CCN(CC)C(=S)SCc1cccc(C)c1C. The van der Waals surface area contributed by atoms with E-state index in [1.807, 2.05) is 0 Å². The van der Waals surface area contributed by atoms with Crippen LogP contribution in [0.5, 0.6) is 0 Å². The van der Waals surface area contributed by atoms with Crippen molar-refractivity contribution in [3.8, 4) is 0 Å². The van der Waals surface area contributed by atoms with Crippen molar-refractivity contribution in [2.24, 2.45) is 0 Å². The predicted octanol–water partition coefficient (Wildman–Crippen LogP) is 4.16. The molecule has 0 aliphatic carbocycles. The lowest BCUT2D eigenvalue weighted by atomic mass is 10.1. The smallest absolute Gasteiger partial charge is 0.136 e. The average molecular weight is 267 g/mol. The van der Waals surface area contributed by atoms with Gasteiger partial charge in [-0.2, -0.15) is 0 Å². The first-order chi connectivity index (χ1) is 8.10. The molecule has 1 rings (SSSR count). The average Bonchev–Trinajstić information content (AvgIpc) is 2.32. The zero-order valence-corrected chi connectivity index (χ0v) is 12.8. The van der Waals surface area contributed by atoms with Gasteiger partial charge < -0.3 is 4.90 Å². The van der Waals surface area contributed by atoms with Crippen molar-refractivity contribution >= 4 is 28.3 Å². The largest absolute Gasteiger partial charge is 0.358 e. The molecular formula is C14H21NS2. The number of hydrogen-bond acceptors (Lipinski definition) is 2. The fourth-order valence-electron chi connectivity index (χ4n) is 1.68. The zero-order valence-electron chi connectivity index (χ0n) is 11.1. The molecule has 0 N–H and O–H groups in total. The number of nitrogens with zero attached hydrogens (tertiary/aromatic N) is 1. The Bertz CT molecular complexity index is 384. The number of aryl methyl sites for hydroxylation is 1. The third-order valence-corrected chi connectivity index (χ3v) is 4.66. The summed E-state index contributed by atoms with van der Waals surface area (Å²) < 4.78 is 1.01. The zero-order chi connectivity index (χ0) is 12.8. The van der Waals surface area contributed by atoms with E-state index in [1.54, 1.807) is 11.8 Å². The van der Waals surface area contributed by atoms with E-state index in [4.69, 9.17) is 12.2 Å². The molecule has 0 spiro atoms. The summed E-state index contributed by atoms with van der Waals surface area (Å²) in [5.74, 6) is 0.975. The maximum absolute atomic E-state index is 5.44. The van der Waals surface area contributed by atoms with Crippen molar-refractivity contribution in [1.29, 1.82) is 0 Å². The Hall–Kier alpha value is -0.540. The summed E-state index contributed by atoms with van der Waals surface area (Å²) in [7, 11) is 0. The Labute approximate surface area is 115 Å². The second-order valence-corrected chi connectivity index (χ2v) is 5.70. The quantitative estimate of drug-likeness (QED) is 0.754. The van der Waals surface area contributed by atoms with Crippen LogP contribution in [0.15, 0.2) is 18.2 Å². The van der Waals surface area contributed by atoms with Crippen LogP contribution >= 0.6 is 24.0 Å². The Morgan fingerprint density at radius 3 is 2.47 bits per heavy atom. The highest BCUT2D eigenvalue weighted by Gasteiger charge is 2.07. The van der Waals surface area contributed by atoms with Crippen LogP contribution < -0.4 is 0 Å². The summed E-state index contributed by atoms with van der Waals surface area (Å²) in [6.45, 7) is 10.6. The Kier molecular flexibility index (Phi) is 6.00. The van der Waals surface area contributed by atoms with Crippen molar-refractivity contribution in [1.82, 2.24) is 4.90 Å². The molecule has 0 fully saturated rings. The second kappa shape index (κ2) is 7.02. The molecule has 0 amide bonds. The number of thiocarbonyl (C=S) groups is 1. The van der Waals surface area contributed by atoms with Crippen molar-refractivity contribution < 1.29 is 0 Å². The third-order valence-electron chi connectivity index (χ3n) is 3.09. The highest BCUT2D eigenvalue weighted by atomic mass is 32.2. The molecule has 0 aromatic heterocycles. The van der Waals surface area contributed by atoms with Gasteiger partial charge in [-0.15, -0.1) is 0 Å². The molecule has 0 atom stereocenters. The topological polar surface area (TPSA) is 3.24 Å². The van der Waals surface area contributed by atoms with Gasteiger partial charge in [-0.1, -0.05) is 42.2 Å². The minimum absolute atomic E-state index is 0.975. The van der Waals surface area contributed by atoms with Gasteiger partial charge >= 0.3 is 0 Å². The molecule has 3 heteroatoms. The number of thioether (sulfide) groups is 1.